The van der Waals surface area contributed by atoms with Crippen LogP contribution in [0.3, 0.4) is 0 Å². The number of piperidine rings is 1. The van der Waals surface area contributed by atoms with Crippen LogP contribution in [0.1, 0.15) is 31.4 Å². The van der Waals surface area contributed by atoms with Gasteiger partial charge in [-0.15, -0.1) is 0 Å². The Kier molecular flexibility index (Phi) is 2.57. The van der Waals surface area contributed by atoms with E-state index in [2.05, 4.69) is 12.2 Å². The summed E-state index contributed by atoms with van der Waals surface area (Å²) in [5.41, 5.74) is 0. The van der Waals surface area contributed by atoms with E-state index in [-0.39, 0.29) is 11.8 Å². The molecule has 2 heterocycles. The monoisotopic (exact) mass is 193 g/mol. The fraction of sp³-hybridized carbons (Fsp3) is 0.545. The highest BCUT2D eigenvalue weighted by Gasteiger charge is 2.30. The van der Waals surface area contributed by atoms with Gasteiger partial charge in [0.15, 0.2) is 0 Å². The first-order valence-corrected chi connectivity index (χ1v) is 5.11. The Labute approximate surface area is 83.5 Å². The van der Waals surface area contributed by atoms with Crippen LogP contribution in [0.2, 0.25) is 0 Å². The Morgan fingerprint density at radius 3 is 3.14 bits per heavy atom. The lowest BCUT2D eigenvalue weighted by molar-refractivity contribution is -0.123. The summed E-state index contributed by atoms with van der Waals surface area (Å²) in [7, 11) is 0. The normalized spacial score (nSPS) is 27.4. The molecule has 2 atom stereocenters. The third-order valence-electron chi connectivity index (χ3n) is 2.97. The zero-order chi connectivity index (χ0) is 9.97. The average molecular weight is 193 g/mol. The van der Waals surface area contributed by atoms with Gasteiger partial charge in [-0.25, -0.2) is 0 Å². The predicted octanol–water partition coefficient (Wildman–Crippen LogP) is 1.91. The molecule has 0 aromatic carbocycles. The van der Waals surface area contributed by atoms with E-state index in [4.69, 9.17) is 4.42 Å². The van der Waals surface area contributed by atoms with E-state index >= 15 is 0 Å². The molecule has 3 nitrogen and oxygen atoms in total. The highest BCUT2D eigenvalue weighted by atomic mass is 16.3. The molecule has 0 unspecified atom stereocenters. The van der Waals surface area contributed by atoms with Crippen molar-refractivity contribution in [1.29, 1.82) is 0 Å². The average Bonchev–Trinajstić information content (AvgIpc) is 2.70. The predicted molar refractivity (Wildman–Crippen MR) is 52.9 cm³/mol. The molecule has 0 spiro atoms. The molecule has 0 bridgehead atoms. The van der Waals surface area contributed by atoms with Crippen LogP contribution in [0.15, 0.2) is 22.8 Å². The minimum absolute atomic E-state index is 0.135. The molecule has 0 aliphatic carbocycles. The van der Waals surface area contributed by atoms with Crippen LogP contribution in [-0.4, -0.2) is 12.5 Å². The van der Waals surface area contributed by atoms with Gasteiger partial charge >= 0.3 is 0 Å². The van der Waals surface area contributed by atoms with Gasteiger partial charge in [0.2, 0.25) is 5.91 Å². The van der Waals surface area contributed by atoms with Crippen LogP contribution in [0.25, 0.3) is 0 Å². The summed E-state index contributed by atoms with van der Waals surface area (Å²) in [6.45, 7) is 2.93. The largest absolute Gasteiger partial charge is 0.469 e. The third-order valence-corrected chi connectivity index (χ3v) is 2.97. The molecule has 1 amide bonds. The van der Waals surface area contributed by atoms with Crippen LogP contribution in [0.5, 0.6) is 0 Å². The molecule has 3 heteroatoms. The van der Waals surface area contributed by atoms with E-state index < -0.39 is 0 Å². The molecule has 0 radical (unpaired) electrons. The number of hydrogen-bond acceptors (Lipinski definition) is 2. The Balaban J connectivity index is 2.17. The first-order chi connectivity index (χ1) is 6.81. The lowest BCUT2D eigenvalue weighted by Gasteiger charge is -2.29. The molecular weight excluding hydrogens is 178 g/mol. The van der Waals surface area contributed by atoms with Crippen molar-refractivity contribution >= 4 is 5.91 Å². The minimum Gasteiger partial charge on any atom is -0.469 e. The van der Waals surface area contributed by atoms with Crippen molar-refractivity contribution in [3.8, 4) is 0 Å². The van der Waals surface area contributed by atoms with E-state index in [0.717, 1.165) is 18.7 Å². The second-order valence-electron chi connectivity index (χ2n) is 3.80. The number of furan rings is 1. The molecule has 1 aromatic rings. The Morgan fingerprint density at radius 2 is 2.50 bits per heavy atom. The molecule has 76 valence electrons. The van der Waals surface area contributed by atoms with Gasteiger partial charge in [-0.05, 0) is 18.1 Å². The van der Waals surface area contributed by atoms with Crippen molar-refractivity contribution in [2.75, 3.05) is 6.54 Å². The van der Waals surface area contributed by atoms with Crippen molar-refractivity contribution in [1.82, 2.24) is 5.32 Å². The number of hydrogen-bond donors (Lipinski definition) is 1. The number of nitrogens with one attached hydrogen (secondary N) is 1. The van der Waals surface area contributed by atoms with Crippen LogP contribution in [0, 0.1) is 5.92 Å². The van der Waals surface area contributed by atoms with Gasteiger partial charge in [0, 0.05) is 18.9 Å². The van der Waals surface area contributed by atoms with Gasteiger partial charge in [-0.2, -0.15) is 0 Å². The SMILES string of the molecule is CC[C@H]1CNC(=O)C[C@@H]1c1ccco1. The zero-order valence-corrected chi connectivity index (χ0v) is 8.32. The zero-order valence-electron chi connectivity index (χ0n) is 8.32. The van der Waals surface area contributed by atoms with Gasteiger partial charge in [0.1, 0.15) is 5.76 Å². The molecule has 14 heavy (non-hydrogen) atoms. The molecule has 2 rings (SSSR count). The van der Waals surface area contributed by atoms with Crippen LogP contribution < -0.4 is 5.32 Å². The summed E-state index contributed by atoms with van der Waals surface area (Å²) in [6, 6.07) is 3.85. The van der Waals surface area contributed by atoms with E-state index in [9.17, 15) is 4.79 Å². The van der Waals surface area contributed by atoms with E-state index in [0.29, 0.717) is 12.3 Å². The first kappa shape index (κ1) is 9.31. The molecule has 1 aliphatic rings. The smallest absolute Gasteiger partial charge is 0.220 e. The second kappa shape index (κ2) is 3.86. The number of carbonyl (C=O) groups is 1. The standard InChI is InChI=1S/C11H15NO2/c1-2-8-7-12-11(13)6-9(8)10-4-3-5-14-10/h3-5,8-9H,2,6-7H2,1H3,(H,12,13)/t8-,9-/m0/s1. The van der Waals surface area contributed by atoms with Gasteiger partial charge < -0.3 is 9.73 Å². The summed E-state index contributed by atoms with van der Waals surface area (Å²) in [4.78, 5) is 11.3. The molecule has 0 saturated carbocycles. The van der Waals surface area contributed by atoms with Crippen molar-refractivity contribution < 1.29 is 9.21 Å². The maximum Gasteiger partial charge on any atom is 0.220 e. The molecule has 1 aromatic heterocycles. The van der Waals surface area contributed by atoms with Gasteiger partial charge in [0.25, 0.3) is 0 Å². The summed E-state index contributed by atoms with van der Waals surface area (Å²) < 4.78 is 5.37. The van der Waals surface area contributed by atoms with Crippen molar-refractivity contribution in [2.24, 2.45) is 5.92 Å². The van der Waals surface area contributed by atoms with Gasteiger partial charge in [-0.1, -0.05) is 13.3 Å². The van der Waals surface area contributed by atoms with E-state index in [1.807, 2.05) is 12.1 Å². The van der Waals surface area contributed by atoms with Crippen molar-refractivity contribution in [2.45, 2.75) is 25.7 Å². The molecule has 1 aliphatic heterocycles. The van der Waals surface area contributed by atoms with Crippen molar-refractivity contribution in [3.63, 3.8) is 0 Å². The fourth-order valence-corrected chi connectivity index (χ4v) is 2.09. The van der Waals surface area contributed by atoms with Crippen LogP contribution >= 0.6 is 0 Å². The van der Waals surface area contributed by atoms with Crippen molar-refractivity contribution in [3.05, 3.63) is 24.2 Å². The summed E-state index contributed by atoms with van der Waals surface area (Å²) in [5.74, 6) is 1.87. The lowest BCUT2D eigenvalue weighted by Crippen LogP contribution is -2.39. The molecular formula is C11H15NO2. The Hall–Kier alpha value is -1.25. The molecule has 1 N–H and O–H groups in total. The minimum atomic E-state index is 0.135. The highest BCUT2D eigenvalue weighted by molar-refractivity contribution is 5.77. The maximum atomic E-state index is 11.3. The highest BCUT2D eigenvalue weighted by Crippen LogP contribution is 2.32. The number of rotatable bonds is 2. The fourth-order valence-electron chi connectivity index (χ4n) is 2.09. The maximum absolute atomic E-state index is 11.3. The Morgan fingerprint density at radius 1 is 1.64 bits per heavy atom. The number of carbonyl (C=O) groups excluding carboxylic acids is 1. The van der Waals surface area contributed by atoms with E-state index in [1.165, 1.54) is 0 Å². The summed E-state index contributed by atoms with van der Waals surface area (Å²) >= 11 is 0. The van der Waals surface area contributed by atoms with Gasteiger partial charge in [-0.3, -0.25) is 4.79 Å². The van der Waals surface area contributed by atoms with Gasteiger partial charge in [0.05, 0.1) is 6.26 Å². The third kappa shape index (κ3) is 1.67. The topological polar surface area (TPSA) is 42.2 Å². The number of amides is 1. The summed E-state index contributed by atoms with van der Waals surface area (Å²) in [6.07, 6.45) is 3.31. The quantitative estimate of drug-likeness (QED) is 0.779. The van der Waals surface area contributed by atoms with Crippen LogP contribution in [-0.2, 0) is 4.79 Å². The Bertz CT molecular complexity index is 305. The second-order valence-corrected chi connectivity index (χ2v) is 3.80. The molecule has 1 saturated heterocycles. The van der Waals surface area contributed by atoms with E-state index in [1.54, 1.807) is 6.26 Å². The summed E-state index contributed by atoms with van der Waals surface area (Å²) in [5, 5.41) is 2.89. The lowest BCUT2D eigenvalue weighted by atomic mass is 9.83. The van der Waals surface area contributed by atoms with Crippen LogP contribution in [0.4, 0.5) is 0 Å². The first-order valence-electron chi connectivity index (χ1n) is 5.11. The molecule has 1 fully saturated rings.